The second-order valence-electron chi connectivity index (χ2n) is 8.38. The van der Waals surface area contributed by atoms with Gasteiger partial charge in [-0.1, -0.05) is 61.5 Å². The summed E-state index contributed by atoms with van der Waals surface area (Å²) in [5.41, 5.74) is 4.15. The van der Waals surface area contributed by atoms with Crippen molar-refractivity contribution in [1.82, 2.24) is 4.90 Å². The minimum absolute atomic E-state index is 0.0481. The van der Waals surface area contributed by atoms with Crippen molar-refractivity contribution in [3.63, 3.8) is 0 Å². The number of benzene rings is 3. The molecule has 5 nitrogen and oxygen atoms in total. The summed E-state index contributed by atoms with van der Waals surface area (Å²) < 4.78 is 6.22. The van der Waals surface area contributed by atoms with Crippen molar-refractivity contribution in [3.05, 3.63) is 95.6 Å². The van der Waals surface area contributed by atoms with E-state index in [-0.39, 0.29) is 17.9 Å². The smallest absolute Gasteiger partial charge is 0.267 e. The zero-order chi connectivity index (χ0) is 23.4. The molecule has 0 saturated carbocycles. The van der Waals surface area contributed by atoms with Crippen LogP contribution in [0.4, 0.5) is 5.69 Å². The average Bonchev–Trinajstić information content (AvgIpc) is 2.86. The van der Waals surface area contributed by atoms with E-state index in [0.29, 0.717) is 18.7 Å². The van der Waals surface area contributed by atoms with Gasteiger partial charge in [-0.25, -0.2) is 0 Å². The molecule has 0 aliphatic carbocycles. The van der Waals surface area contributed by atoms with Gasteiger partial charge in [0.2, 0.25) is 5.91 Å². The number of rotatable bonds is 6. The molecule has 1 aliphatic heterocycles. The third-order valence-electron chi connectivity index (χ3n) is 6.26. The first-order chi connectivity index (χ1) is 16.0. The normalized spacial score (nSPS) is 16.0. The summed E-state index contributed by atoms with van der Waals surface area (Å²) in [6, 6.07) is 25.5. The Labute approximate surface area is 195 Å². The van der Waals surface area contributed by atoms with Crippen LogP contribution >= 0.6 is 0 Å². The first-order valence-corrected chi connectivity index (χ1v) is 11.4. The molecule has 33 heavy (non-hydrogen) atoms. The molecule has 3 aromatic rings. The Morgan fingerprint density at radius 1 is 1.03 bits per heavy atom. The maximum absolute atomic E-state index is 13.1. The molecule has 0 spiro atoms. The quantitative estimate of drug-likeness (QED) is 0.540. The summed E-state index contributed by atoms with van der Waals surface area (Å²) in [7, 11) is 1.77. The van der Waals surface area contributed by atoms with Crippen LogP contribution in [0.3, 0.4) is 0 Å². The molecule has 0 aromatic heterocycles. The fourth-order valence-electron chi connectivity index (χ4n) is 4.47. The summed E-state index contributed by atoms with van der Waals surface area (Å²) in [6.07, 6.45) is 0.746. The van der Waals surface area contributed by atoms with Crippen molar-refractivity contribution in [1.29, 1.82) is 0 Å². The van der Waals surface area contributed by atoms with Crippen LogP contribution in [0, 0.1) is 0 Å². The van der Waals surface area contributed by atoms with Crippen LogP contribution in [0.5, 0.6) is 5.75 Å². The van der Waals surface area contributed by atoms with Gasteiger partial charge in [-0.05, 0) is 53.8 Å². The molecule has 0 bridgehead atoms. The molecule has 2 unspecified atom stereocenters. The van der Waals surface area contributed by atoms with Gasteiger partial charge in [0.1, 0.15) is 5.75 Å². The van der Waals surface area contributed by atoms with Gasteiger partial charge in [0.15, 0.2) is 6.10 Å². The molecule has 0 fully saturated rings. The molecule has 5 heteroatoms. The van der Waals surface area contributed by atoms with Crippen LogP contribution in [0.2, 0.25) is 0 Å². The zero-order valence-electron chi connectivity index (χ0n) is 19.4. The Bertz CT molecular complexity index is 1110. The third-order valence-corrected chi connectivity index (χ3v) is 6.26. The van der Waals surface area contributed by atoms with Crippen molar-refractivity contribution in [2.45, 2.75) is 38.8 Å². The number of likely N-dealkylation sites (N-methyl/N-ethyl adjacent to an activating group) is 1. The van der Waals surface area contributed by atoms with Crippen molar-refractivity contribution in [2.75, 3.05) is 18.5 Å². The van der Waals surface area contributed by atoms with Gasteiger partial charge in [0.25, 0.3) is 5.91 Å². The highest BCUT2D eigenvalue weighted by Crippen LogP contribution is 2.37. The number of fused-ring (bicyclic) bond motifs is 1. The van der Waals surface area contributed by atoms with Crippen LogP contribution in [0.15, 0.2) is 78.9 Å². The molecule has 0 N–H and O–H groups in total. The number of hydrogen-bond donors (Lipinski definition) is 0. The Morgan fingerprint density at radius 3 is 2.33 bits per heavy atom. The predicted octanol–water partition coefficient (Wildman–Crippen LogP) is 5.00. The van der Waals surface area contributed by atoms with Crippen molar-refractivity contribution < 1.29 is 14.3 Å². The van der Waals surface area contributed by atoms with Gasteiger partial charge >= 0.3 is 0 Å². The zero-order valence-corrected chi connectivity index (χ0v) is 19.4. The molecule has 0 saturated heterocycles. The van der Waals surface area contributed by atoms with Gasteiger partial charge in [0.05, 0.1) is 6.04 Å². The Kier molecular flexibility index (Phi) is 6.78. The number of amides is 2. The van der Waals surface area contributed by atoms with Crippen molar-refractivity contribution >= 4 is 17.5 Å². The summed E-state index contributed by atoms with van der Waals surface area (Å²) >= 11 is 0. The van der Waals surface area contributed by atoms with E-state index in [2.05, 4.69) is 18.2 Å². The van der Waals surface area contributed by atoms with E-state index >= 15 is 0 Å². The van der Waals surface area contributed by atoms with Crippen LogP contribution < -0.4 is 9.64 Å². The van der Waals surface area contributed by atoms with Gasteiger partial charge in [-0.15, -0.1) is 0 Å². The number of para-hydroxylation sites is 1. The SMILES string of the molecule is CCC(Oc1ccc2c(c1)C(c1ccccc1)N(C(C)=O)CC2)C(=O)N(C)c1ccccc1. The largest absolute Gasteiger partial charge is 0.481 e. The van der Waals surface area contributed by atoms with Gasteiger partial charge in [-0.3, -0.25) is 9.59 Å². The highest BCUT2D eigenvalue weighted by atomic mass is 16.5. The average molecular weight is 443 g/mol. The number of carbonyl (C=O) groups is 2. The van der Waals surface area contributed by atoms with E-state index in [9.17, 15) is 9.59 Å². The van der Waals surface area contributed by atoms with Crippen molar-refractivity contribution in [2.24, 2.45) is 0 Å². The topological polar surface area (TPSA) is 49.9 Å². The summed E-state index contributed by atoms with van der Waals surface area (Å²) in [4.78, 5) is 29.1. The molecular formula is C28H30N2O3. The molecule has 4 rings (SSSR count). The maximum atomic E-state index is 13.1. The predicted molar refractivity (Wildman–Crippen MR) is 130 cm³/mol. The van der Waals surface area contributed by atoms with Crippen molar-refractivity contribution in [3.8, 4) is 5.75 Å². The fraction of sp³-hybridized carbons (Fsp3) is 0.286. The molecule has 2 atom stereocenters. The second-order valence-corrected chi connectivity index (χ2v) is 8.38. The Morgan fingerprint density at radius 2 is 1.70 bits per heavy atom. The highest BCUT2D eigenvalue weighted by molar-refractivity contribution is 5.96. The monoisotopic (exact) mass is 442 g/mol. The van der Waals surface area contributed by atoms with Crippen LogP contribution in [-0.2, 0) is 16.0 Å². The lowest BCUT2D eigenvalue weighted by molar-refractivity contribution is -0.130. The van der Waals surface area contributed by atoms with E-state index < -0.39 is 6.10 Å². The molecule has 0 radical (unpaired) electrons. The third kappa shape index (κ3) is 4.77. The van der Waals surface area contributed by atoms with E-state index in [1.165, 1.54) is 5.56 Å². The van der Waals surface area contributed by atoms with Gasteiger partial charge in [-0.2, -0.15) is 0 Å². The lowest BCUT2D eigenvalue weighted by Gasteiger charge is -2.37. The summed E-state index contributed by atoms with van der Waals surface area (Å²) in [5.74, 6) is 0.597. The highest BCUT2D eigenvalue weighted by Gasteiger charge is 2.31. The number of hydrogen-bond acceptors (Lipinski definition) is 3. The van der Waals surface area contributed by atoms with Gasteiger partial charge in [0, 0.05) is 26.2 Å². The minimum Gasteiger partial charge on any atom is -0.481 e. The standard InChI is InChI=1S/C28H30N2O3/c1-4-26(28(32)29(3)23-13-9-6-10-14-23)33-24-16-15-21-17-18-30(20(2)31)27(25(21)19-24)22-11-7-5-8-12-22/h5-16,19,26-27H,4,17-18H2,1-3H3. The molecule has 1 heterocycles. The van der Waals surface area contributed by atoms with Crippen LogP contribution in [-0.4, -0.2) is 36.4 Å². The maximum Gasteiger partial charge on any atom is 0.267 e. The number of anilines is 1. The number of nitrogens with zero attached hydrogens (tertiary/aromatic N) is 2. The molecule has 170 valence electrons. The van der Waals surface area contributed by atoms with Crippen LogP contribution in [0.25, 0.3) is 0 Å². The minimum atomic E-state index is -0.601. The Balaban J connectivity index is 1.63. The molecular weight excluding hydrogens is 412 g/mol. The van der Waals surface area contributed by atoms with E-state index in [1.807, 2.05) is 72.5 Å². The fourth-order valence-corrected chi connectivity index (χ4v) is 4.47. The molecule has 1 aliphatic rings. The van der Waals surface area contributed by atoms with Gasteiger partial charge < -0.3 is 14.5 Å². The summed E-state index contributed by atoms with van der Waals surface area (Å²) in [6.45, 7) is 4.25. The second kappa shape index (κ2) is 9.90. The van der Waals surface area contributed by atoms with E-state index in [1.54, 1.807) is 18.9 Å². The summed E-state index contributed by atoms with van der Waals surface area (Å²) in [5, 5.41) is 0. The number of ether oxygens (including phenoxy) is 1. The number of carbonyl (C=O) groups excluding carboxylic acids is 2. The first kappa shape index (κ1) is 22.6. The van der Waals surface area contributed by atoms with E-state index in [0.717, 1.165) is 23.2 Å². The lowest BCUT2D eigenvalue weighted by atomic mass is 9.88. The molecule has 3 aromatic carbocycles. The lowest BCUT2D eigenvalue weighted by Crippen LogP contribution is -2.40. The Hall–Kier alpha value is -3.60. The first-order valence-electron chi connectivity index (χ1n) is 11.4. The van der Waals surface area contributed by atoms with Crippen LogP contribution in [0.1, 0.15) is 43.0 Å². The van der Waals surface area contributed by atoms with E-state index in [4.69, 9.17) is 4.74 Å². The molecule has 2 amide bonds.